The van der Waals surface area contributed by atoms with Gasteiger partial charge in [0.15, 0.2) is 0 Å². The first-order valence-electron chi connectivity index (χ1n) is 5.95. The van der Waals surface area contributed by atoms with Gasteiger partial charge in [0.2, 0.25) is 0 Å². The van der Waals surface area contributed by atoms with Crippen molar-refractivity contribution in [2.24, 2.45) is 0 Å². The van der Waals surface area contributed by atoms with Gasteiger partial charge in [-0.1, -0.05) is 6.07 Å². The van der Waals surface area contributed by atoms with Gasteiger partial charge in [0.05, 0.1) is 23.5 Å². The molecule has 3 nitrogen and oxygen atoms in total. The topological polar surface area (TPSA) is 41.6 Å². The van der Waals surface area contributed by atoms with E-state index in [2.05, 4.69) is 11.2 Å². The van der Waals surface area contributed by atoms with Crippen molar-refractivity contribution in [2.75, 3.05) is 0 Å². The zero-order chi connectivity index (χ0) is 11.7. The van der Waals surface area contributed by atoms with E-state index in [0.29, 0.717) is 5.56 Å². The molecule has 0 unspecified atom stereocenters. The van der Waals surface area contributed by atoms with Crippen molar-refractivity contribution in [2.45, 2.75) is 25.7 Å². The summed E-state index contributed by atoms with van der Waals surface area (Å²) in [5.74, 6) is 0. The molecule has 0 saturated heterocycles. The van der Waals surface area contributed by atoms with Gasteiger partial charge < -0.3 is 0 Å². The van der Waals surface area contributed by atoms with Gasteiger partial charge in [0.25, 0.3) is 0 Å². The van der Waals surface area contributed by atoms with Crippen molar-refractivity contribution in [1.29, 1.82) is 5.26 Å². The number of benzene rings is 1. The molecule has 3 rings (SSSR count). The lowest BCUT2D eigenvalue weighted by Crippen LogP contribution is -2.07. The minimum Gasteiger partial charge on any atom is -0.238 e. The number of aryl methyl sites for hydroxylation is 1. The number of rotatable bonds is 1. The first-order chi connectivity index (χ1) is 8.38. The number of hydrogen-bond acceptors (Lipinski definition) is 2. The van der Waals surface area contributed by atoms with Crippen LogP contribution in [0.5, 0.6) is 0 Å². The summed E-state index contributed by atoms with van der Waals surface area (Å²) in [5.41, 5.74) is 4.35. The van der Waals surface area contributed by atoms with E-state index in [1.54, 1.807) is 0 Å². The van der Waals surface area contributed by atoms with E-state index in [0.717, 1.165) is 18.5 Å². The average molecular weight is 223 g/mol. The number of hydrogen-bond donors (Lipinski definition) is 0. The molecule has 3 heteroatoms. The molecule has 2 aromatic rings. The highest BCUT2D eigenvalue weighted by Gasteiger charge is 2.15. The minimum absolute atomic E-state index is 0.683. The molecule has 0 atom stereocenters. The molecule has 0 spiro atoms. The van der Waals surface area contributed by atoms with E-state index in [1.165, 1.54) is 24.1 Å². The zero-order valence-electron chi connectivity index (χ0n) is 9.56. The third-order valence-corrected chi connectivity index (χ3v) is 3.28. The number of fused-ring (bicyclic) bond motifs is 1. The molecule has 17 heavy (non-hydrogen) atoms. The Bertz CT molecular complexity index is 590. The summed E-state index contributed by atoms with van der Waals surface area (Å²) in [6.07, 6.45) is 6.68. The molecule has 0 amide bonds. The first kappa shape index (κ1) is 10.1. The van der Waals surface area contributed by atoms with E-state index in [4.69, 9.17) is 5.26 Å². The molecule has 1 aliphatic carbocycles. The van der Waals surface area contributed by atoms with Gasteiger partial charge in [0.1, 0.15) is 0 Å². The van der Waals surface area contributed by atoms with Crippen LogP contribution in [-0.2, 0) is 12.8 Å². The molecule has 0 N–H and O–H groups in total. The van der Waals surface area contributed by atoms with Crippen LogP contribution in [0.1, 0.15) is 29.7 Å². The highest BCUT2D eigenvalue weighted by molar-refractivity contribution is 5.42. The molecule has 1 aliphatic rings. The van der Waals surface area contributed by atoms with E-state index >= 15 is 0 Å². The molecule has 0 fully saturated rings. The molecule has 0 radical (unpaired) electrons. The summed E-state index contributed by atoms with van der Waals surface area (Å²) in [6.45, 7) is 0. The maximum atomic E-state index is 8.92. The Morgan fingerprint density at radius 3 is 3.00 bits per heavy atom. The van der Waals surface area contributed by atoms with Crippen LogP contribution in [0.3, 0.4) is 0 Å². The quantitative estimate of drug-likeness (QED) is 0.745. The number of aromatic nitrogens is 2. The molecular weight excluding hydrogens is 210 g/mol. The van der Waals surface area contributed by atoms with Crippen LogP contribution in [0.2, 0.25) is 0 Å². The number of nitrogens with zero attached hydrogens (tertiary/aromatic N) is 3. The van der Waals surface area contributed by atoms with Gasteiger partial charge in [0, 0.05) is 5.69 Å². The van der Waals surface area contributed by atoms with Gasteiger partial charge in [-0.15, -0.1) is 0 Å². The van der Waals surface area contributed by atoms with Crippen LogP contribution in [0.25, 0.3) is 5.69 Å². The second-order valence-electron chi connectivity index (χ2n) is 4.40. The second-order valence-corrected chi connectivity index (χ2v) is 4.40. The monoisotopic (exact) mass is 223 g/mol. The van der Waals surface area contributed by atoms with Crippen molar-refractivity contribution < 1.29 is 0 Å². The third-order valence-electron chi connectivity index (χ3n) is 3.28. The number of nitriles is 1. The third kappa shape index (κ3) is 1.72. The van der Waals surface area contributed by atoms with Gasteiger partial charge in [-0.25, -0.2) is 4.68 Å². The second kappa shape index (κ2) is 4.06. The lowest BCUT2D eigenvalue weighted by Gasteiger charge is -2.13. The summed E-state index contributed by atoms with van der Waals surface area (Å²) >= 11 is 0. The van der Waals surface area contributed by atoms with Crippen LogP contribution >= 0.6 is 0 Å². The van der Waals surface area contributed by atoms with Crippen molar-refractivity contribution >= 4 is 0 Å². The maximum Gasteiger partial charge on any atom is 0.0992 e. The first-order valence-corrected chi connectivity index (χ1v) is 5.95. The molecule has 84 valence electrons. The molecule has 1 heterocycles. The predicted molar refractivity (Wildman–Crippen MR) is 64.9 cm³/mol. The lowest BCUT2D eigenvalue weighted by molar-refractivity contribution is 0.653. The molecule has 1 aromatic carbocycles. The minimum atomic E-state index is 0.683. The van der Waals surface area contributed by atoms with Crippen LogP contribution in [-0.4, -0.2) is 9.78 Å². The normalized spacial score (nSPS) is 14.1. The van der Waals surface area contributed by atoms with Crippen molar-refractivity contribution in [3.05, 3.63) is 47.3 Å². The summed E-state index contributed by atoms with van der Waals surface area (Å²) in [5, 5.41) is 13.4. The molecule has 1 aromatic heterocycles. The van der Waals surface area contributed by atoms with Crippen molar-refractivity contribution in [1.82, 2.24) is 9.78 Å². The van der Waals surface area contributed by atoms with Crippen molar-refractivity contribution in [3.63, 3.8) is 0 Å². The highest BCUT2D eigenvalue weighted by atomic mass is 15.3. The van der Waals surface area contributed by atoms with Gasteiger partial charge in [-0.2, -0.15) is 10.4 Å². The van der Waals surface area contributed by atoms with E-state index in [9.17, 15) is 0 Å². The van der Waals surface area contributed by atoms with Crippen LogP contribution in [0.4, 0.5) is 0 Å². The summed E-state index contributed by atoms with van der Waals surface area (Å²) < 4.78 is 1.98. The Morgan fingerprint density at radius 2 is 2.12 bits per heavy atom. The molecule has 0 aliphatic heterocycles. The Labute approximate surface area is 100 Å². The molecule has 0 saturated carbocycles. The average Bonchev–Trinajstić information content (AvgIpc) is 2.82. The molecule has 0 bridgehead atoms. The van der Waals surface area contributed by atoms with Crippen molar-refractivity contribution in [3.8, 4) is 11.8 Å². The standard InChI is InChI=1S/C14H13N3/c15-9-11-4-3-6-13(8-11)17-14-7-2-1-5-12(14)10-16-17/h3-4,6,8,10H,1-2,5,7H2. The predicted octanol–water partition coefficient (Wildman–Crippen LogP) is 2.62. The van der Waals surface area contributed by atoms with E-state index in [1.807, 2.05) is 35.1 Å². The lowest BCUT2D eigenvalue weighted by atomic mass is 9.98. The Balaban J connectivity index is 2.09. The maximum absolute atomic E-state index is 8.92. The fraction of sp³-hybridized carbons (Fsp3) is 0.286. The fourth-order valence-corrected chi connectivity index (χ4v) is 2.42. The van der Waals surface area contributed by atoms with Gasteiger partial charge >= 0.3 is 0 Å². The van der Waals surface area contributed by atoms with Crippen LogP contribution < -0.4 is 0 Å². The smallest absolute Gasteiger partial charge is 0.0992 e. The summed E-state index contributed by atoms with van der Waals surface area (Å²) in [7, 11) is 0. The largest absolute Gasteiger partial charge is 0.238 e. The summed E-state index contributed by atoms with van der Waals surface area (Å²) in [4.78, 5) is 0. The van der Waals surface area contributed by atoms with E-state index < -0.39 is 0 Å². The Hall–Kier alpha value is -2.08. The van der Waals surface area contributed by atoms with Gasteiger partial charge in [-0.05, 0) is 49.4 Å². The molecular formula is C14H13N3. The van der Waals surface area contributed by atoms with Crippen LogP contribution in [0, 0.1) is 11.3 Å². The highest BCUT2D eigenvalue weighted by Crippen LogP contribution is 2.23. The Kier molecular flexibility index (Phi) is 2.41. The van der Waals surface area contributed by atoms with Crippen LogP contribution in [0.15, 0.2) is 30.5 Å². The van der Waals surface area contributed by atoms with Gasteiger partial charge in [-0.3, -0.25) is 0 Å². The van der Waals surface area contributed by atoms with E-state index in [-0.39, 0.29) is 0 Å². The zero-order valence-corrected chi connectivity index (χ0v) is 9.56. The fourth-order valence-electron chi connectivity index (χ4n) is 2.42. The Morgan fingerprint density at radius 1 is 1.24 bits per heavy atom. The SMILES string of the molecule is N#Cc1cccc(-n2ncc3c2CCCC3)c1. The summed E-state index contributed by atoms with van der Waals surface area (Å²) in [6, 6.07) is 9.79.